The zero-order chi connectivity index (χ0) is 12.3. The SMILES string of the molecule is C=CCC(C)c1c(OC)cc(C)c(Cl)c1C. The number of allylic oxidation sites excluding steroid dienone is 1. The second-order valence-corrected chi connectivity index (χ2v) is 4.55. The van der Waals surface area contributed by atoms with E-state index in [2.05, 4.69) is 13.5 Å². The molecule has 16 heavy (non-hydrogen) atoms. The zero-order valence-corrected chi connectivity index (χ0v) is 11.2. The van der Waals surface area contributed by atoms with Crippen LogP contribution >= 0.6 is 11.6 Å². The van der Waals surface area contributed by atoms with Crippen molar-refractivity contribution in [1.29, 1.82) is 0 Å². The molecule has 0 spiro atoms. The smallest absolute Gasteiger partial charge is 0.122 e. The molecular formula is C14H19ClO. The summed E-state index contributed by atoms with van der Waals surface area (Å²) in [4.78, 5) is 0. The predicted molar refractivity (Wildman–Crippen MR) is 70.7 cm³/mol. The first-order chi connectivity index (χ1) is 7.52. The Morgan fingerprint density at radius 3 is 2.62 bits per heavy atom. The third-order valence-electron chi connectivity index (χ3n) is 2.93. The van der Waals surface area contributed by atoms with Gasteiger partial charge < -0.3 is 4.74 Å². The summed E-state index contributed by atoms with van der Waals surface area (Å²) in [5.41, 5.74) is 3.37. The van der Waals surface area contributed by atoms with Gasteiger partial charge in [-0.1, -0.05) is 24.6 Å². The van der Waals surface area contributed by atoms with Gasteiger partial charge in [-0.2, -0.15) is 0 Å². The van der Waals surface area contributed by atoms with E-state index < -0.39 is 0 Å². The van der Waals surface area contributed by atoms with Gasteiger partial charge in [-0.25, -0.2) is 0 Å². The van der Waals surface area contributed by atoms with E-state index >= 15 is 0 Å². The van der Waals surface area contributed by atoms with Gasteiger partial charge in [0.2, 0.25) is 0 Å². The van der Waals surface area contributed by atoms with Crippen molar-refractivity contribution in [1.82, 2.24) is 0 Å². The maximum Gasteiger partial charge on any atom is 0.122 e. The number of benzene rings is 1. The first kappa shape index (κ1) is 13.1. The van der Waals surface area contributed by atoms with Gasteiger partial charge in [0, 0.05) is 10.6 Å². The second-order valence-electron chi connectivity index (χ2n) is 4.17. The van der Waals surface area contributed by atoms with Crippen LogP contribution in [-0.4, -0.2) is 7.11 Å². The van der Waals surface area contributed by atoms with Crippen LogP contribution in [0.5, 0.6) is 5.75 Å². The van der Waals surface area contributed by atoms with Crippen LogP contribution in [-0.2, 0) is 0 Å². The topological polar surface area (TPSA) is 9.23 Å². The van der Waals surface area contributed by atoms with Crippen molar-refractivity contribution in [3.8, 4) is 5.75 Å². The minimum atomic E-state index is 0.380. The van der Waals surface area contributed by atoms with Gasteiger partial charge in [0.15, 0.2) is 0 Å². The number of ether oxygens (including phenoxy) is 1. The number of hydrogen-bond donors (Lipinski definition) is 0. The molecular weight excluding hydrogens is 220 g/mol. The minimum Gasteiger partial charge on any atom is -0.496 e. The number of hydrogen-bond acceptors (Lipinski definition) is 1. The standard InChI is InChI=1S/C14H19ClO/c1-6-7-9(2)13-11(4)14(15)10(3)8-12(13)16-5/h6,8-9H,1,7H2,2-5H3. The summed E-state index contributed by atoms with van der Waals surface area (Å²) in [5.74, 6) is 1.30. The maximum atomic E-state index is 6.27. The van der Waals surface area contributed by atoms with Gasteiger partial charge in [0.1, 0.15) is 5.75 Å². The van der Waals surface area contributed by atoms with Crippen molar-refractivity contribution in [3.05, 3.63) is 40.4 Å². The van der Waals surface area contributed by atoms with E-state index in [1.807, 2.05) is 26.0 Å². The van der Waals surface area contributed by atoms with Crippen molar-refractivity contribution in [2.45, 2.75) is 33.1 Å². The number of aryl methyl sites for hydroxylation is 1. The molecule has 0 N–H and O–H groups in total. The molecule has 0 amide bonds. The molecule has 0 aromatic heterocycles. The fourth-order valence-corrected chi connectivity index (χ4v) is 2.24. The van der Waals surface area contributed by atoms with Crippen molar-refractivity contribution < 1.29 is 4.74 Å². The molecule has 0 aliphatic carbocycles. The molecule has 1 unspecified atom stereocenters. The first-order valence-corrected chi connectivity index (χ1v) is 5.85. The largest absolute Gasteiger partial charge is 0.496 e. The summed E-state index contributed by atoms with van der Waals surface area (Å²) >= 11 is 6.27. The van der Waals surface area contributed by atoms with E-state index in [4.69, 9.17) is 16.3 Å². The summed E-state index contributed by atoms with van der Waals surface area (Å²) in [6.07, 6.45) is 2.86. The molecule has 1 nitrogen and oxygen atoms in total. The Kier molecular flexibility index (Phi) is 4.43. The van der Waals surface area contributed by atoms with Crippen LogP contribution in [0.25, 0.3) is 0 Å². The third-order valence-corrected chi connectivity index (χ3v) is 3.51. The molecule has 1 atom stereocenters. The van der Waals surface area contributed by atoms with Gasteiger partial charge in [0.25, 0.3) is 0 Å². The molecule has 1 rings (SSSR count). The first-order valence-electron chi connectivity index (χ1n) is 5.47. The molecule has 0 saturated carbocycles. The lowest BCUT2D eigenvalue weighted by atomic mass is 9.91. The molecule has 1 aromatic rings. The zero-order valence-electron chi connectivity index (χ0n) is 10.4. The van der Waals surface area contributed by atoms with Crippen LogP contribution in [0.15, 0.2) is 18.7 Å². The molecule has 0 radical (unpaired) electrons. The van der Waals surface area contributed by atoms with E-state index in [1.165, 1.54) is 5.56 Å². The molecule has 0 aliphatic rings. The Hall–Kier alpha value is -0.950. The maximum absolute atomic E-state index is 6.27. The van der Waals surface area contributed by atoms with Crippen LogP contribution in [0.3, 0.4) is 0 Å². The van der Waals surface area contributed by atoms with Crippen molar-refractivity contribution in [2.24, 2.45) is 0 Å². The minimum absolute atomic E-state index is 0.380. The van der Waals surface area contributed by atoms with Crippen LogP contribution in [0.4, 0.5) is 0 Å². The Balaban J connectivity index is 3.34. The van der Waals surface area contributed by atoms with E-state index in [0.717, 1.165) is 28.3 Å². The molecule has 0 heterocycles. The van der Waals surface area contributed by atoms with Gasteiger partial charge in [-0.05, 0) is 43.4 Å². The lowest BCUT2D eigenvalue weighted by molar-refractivity contribution is 0.405. The molecule has 0 bridgehead atoms. The molecule has 0 saturated heterocycles. The van der Waals surface area contributed by atoms with Crippen molar-refractivity contribution in [3.63, 3.8) is 0 Å². The van der Waals surface area contributed by atoms with E-state index in [-0.39, 0.29) is 0 Å². The third kappa shape index (κ3) is 2.41. The Morgan fingerprint density at radius 2 is 2.12 bits per heavy atom. The normalized spacial score (nSPS) is 12.3. The van der Waals surface area contributed by atoms with Gasteiger partial charge in [-0.15, -0.1) is 6.58 Å². The summed E-state index contributed by atoms with van der Waals surface area (Å²) in [7, 11) is 1.70. The number of rotatable bonds is 4. The molecule has 1 aromatic carbocycles. The van der Waals surface area contributed by atoms with Gasteiger partial charge >= 0.3 is 0 Å². The Morgan fingerprint density at radius 1 is 1.50 bits per heavy atom. The van der Waals surface area contributed by atoms with E-state index in [0.29, 0.717) is 5.92 Å². The second kappa shape index (κ2) is 5.40. The van der Waals surface area contributed by atoms with E-state index in [9.17, 15) is 0 Å². The van der Waals surface area contributed by atoms with Crippen molar-refractivity contribution >= 4 is 11.6 Å². The predicted octanol–water partition coefficient (Wildman–Crippen LogP) is 4.65. The quantitative estimate of drug-likeness (QED) is 0.694. The fourth-order valence-electron chi connectivity index (χ4n) is 2.09. The summed E-state index contributed by atoms with van der Waals surface area (Å²) in [6.45, 7) is 9.99. The summed E-state index contributed by atoms with van der Waals surface area (Å²) in [6, 6.07) is 2.00. The average molecular weight is 239 g/mol. The summed E-state index contributed by atoms with van der Waals surface area (Å²) < 4.78 is 5.44. The van der Waals surface area contributed by atoms with Gasteiger partial charge in [0.05, 0.1) is 7.11 Å². The highest BCUT2D eigenvalue weighted by atomic mass is 35.5. The fraction of sp³-hybridized carbons (Fsp3) is 0.429. The highest BCUT2D eigenvalue weighted by molar-refractivity contribution is 6.32. The molecule has 0 aliphatic heterocycles. The van der Waals surface area contributed by atoms with Crippen molar-refractivity contribution in [2.75, 3.05) is 7.11 Å². The summed E-state index contributed by atoms with van der Waals surface area (Å²) in [5, 5.41) is 0.840. The average Bonchev–Trinajstić information content (AvgIpc) is 2.25. The molecule has 88 valence electrons. The lowest BCUT2D eigenvalue weighted by Crippen LogP contribution is -2.02. The highest BCUT2D eigenvalue weighted by Crippen LogP contribution is 2.37. The Bertz CT molecular complexity index is 396. The Labute approximate surface area is 103 Å². The monoisotopic (exact) mass is 238 g/mol. The van der Waals surface area contributed by atoms with Crippen LogP contribution < -0.4 is 4.74 Å². The van der Waals surface area contributed by atoms with Crippen LogP contribution in [0.1, 0.15) is 36.0 Å². The van der Waals surface area contributed by atoms with Crippen LogP contribution in [0.2, 0.25) is 5.02 Å². The highest BCUT2D eigenvalue weighted by Gasteiger charge is 2.17. The lowest BCUT2D eigenvalue weighted by Gasteiger charge is -2.19. The van der Waals surface area contributed by atoms with Gasteiger partial charge in [-0.3, -0.25) is 0 Å². The van der Waals surface area contributed by atoms with E-state index in [1.54, 1.807) is 7.11 Å². The van der Waals surface area contributed by atoms with Crippen LogP contribution in [0, 0.1) is 13.8 Å². The molecule has 0 fully saturated rings. The molecule has 2 heteroatoms. The number of halogens is 1. The number of methoxy groups -OCH3 is 1.